The van der Waals surface area contributed by atoms with Gasteiger partial charge in [0.05, 0.1) is 25.3 Å². The predicted octanol–water partition coefficient (Wildman–Crippen LogP) is -0.129. The second kappa shape index (κ2) is 6.34. The molecule has 0 aromatic rings. The first-order valence-corrected chi connectivity index (χ1v) is 6.74. The third-order valence-electron chi connectivity index (χ3n) is 3.89. The summed E-state index contributed by atoms with van der Waals surface area (Å²) >= 11 is 0. The minimum Gasteiger partial charge on any atom is -0.383 e. The second-order valence-corrected chi connectivity index (χ2v) is 5.17. The number of carbonyl (C=O) groups excluding carboxylic acids is 2. The highest BCUT2D eigenvalue weighted by molar-refractivity contribution is 5.86. The van der Waals surface area contributed by atoms with Crippen LogP contribution in [0, 0.1) is 0 Å². The number of carbonyl (C=O) groups is 2. The van der Waals surface area contributed by atoms with Crippen molar-refractivity contribution >= 4 is 11.8 Å². The van der Waals surface area contributed by atoms with Crippen LogP contribution in [0.25, 0.3) is 0 Å². The highest BCUT2D eigenvalue weighted by atomic mass is 16.5. The molecule has 0 spiro atoms. The van der Waals surface area contributed by atoms with Crippen LogP contribution in [0.15, 0.2) is 0 Å². The van der Waals surface area contributed by atoms with E-state index >= 15 is 0 Å². The van der Waals surface area contributed by atoms with Crippen LogP contribution in [0.3, 0.4) is 0 Å². The van der Waals surface area contributed by atoms with E-state index in [2.05, 4.69) is 0 Å². The fourth-order valence-electron chi connectivity index (χ4n) is 2.83. The number of rotatable bonds is 5. The third-order valence-corrected chi connectivity index (χ3v) is 3.89. The molecule has 2 atom stereocenters. The molecule has 0 aromatic heterocycles. The van der Waals surface area contributed by atoms with E-state index in [9.17, 15) is 9.59 Å². The number of hydrogen-bond acceptors (Lipinski definition) is 4. The van der Waals surface area contributed by atoms with Crippen LogP contribution in [0.2, 0.25) is 0 Å². The van der Waals surface area contributed by atoms with E-state index in [1.807, 2.05) is 0 Å². The first-order chi connectivity index (χ1) is 9.15. The Morgan fingerprint density at radius 1 is 1.42 bits per heavy atom. The molecule has 6 heteroatoms. The molecule has 0 radical (unpaired) electrons. The van der Waals surface area contributed by atoms with Gasteiger partial charge in [-0.05, 0) is 12.8 Å². The zero-order valence-electron chi connectivity index (χ0n) is 11.6. The quantitative estimate of drug-likeness (QED) is 0.698. The summed E-state index contributed by atoms with van der Waals surface area (Å²) in [5, 5.41) is 0. The highest BCUT2D eigenvalue weighted by Crippen LogP contribution is 2.21. The number of nitrogens with zero attached hydrogens (tertiary/aromatic N) is 2. The van der Waals surface area contributed by atoms with Crippen molar-refractivity contribution in [3.05, 3.63) is 0 Å². The van der Waals surface area contributed by atoms with Gasteiger partial charge in [-0.2, -0.15) is 0 Å². The smallest absolute Gasteiger partial charge is 0.242 e. The second-order valence-electron chi connectivity index (χ2n) is 5.17. The monoisotopic (exact) mass is 270 g/mol. The van der Waals surface area contributed by atoms with Crippen LogP contribution in [0.5, 0.6) is 0 Å². The number of hydrogen-bond donors (Lipinski definition) is 0. The summed E-state index contributed by atoms with van der Waals surface area (Å²) in [4.78, 5) is 27.3. The Kier molecular flexibility index (Phi) is 4.76. The van der Waals surface area contributed by atoms with E-state index in [1.165, 1.54) is 0 Å². The SMILES string of the molecule is COC[C@@H]1C[C@H](OC)CN1C(=O)CN1CCCC1=O. The molecule has 0 N–H and O–H groups in total. The zero-order chi connectivity index (χ0) is 13.8. The van der Waals surface area contributed by atoms with Gasteiger partial charge in [-0.1, -0.05) is 0 Å². The van der Waals surface area contributed by atoms with Crippen LogP contribution in [-0.4, -0.2) is 74.2 Å². The Hall–Kier alpha value is -1.14. The van der Waals surface area contributed by atoms with E-state index in [-0.39, 0.29) is 30.5 Å². The Bertz CT molecular complexity index is 348. The summed E-state index contributed by atoms with van der Waals surface area (Å²) in [5.74, 6) is 0.0796. The minimum absolute atomic E-state index is 0.00292. The number of methoxy groups -OCH3 is 2. The van der Waals surface area contributed by atoms with Gasteiger partial charge in [0.15, 0.2) is 0 Å². The molecule has 0 unspecified atom stereocenters. The summed E-state index contributed by atoms with van der Waals surface area (Å²) in [5.41, 5.74) is 0. The van der Waals surface area contributed by atoms with Crippen molar-refractivity contribution in [3.8, 4) is 0 Å². The minimum atomic E-state index is -0.00292. The molecule has 0 aliphatic carbocycles. The number of likely N-dealkylation sites (tertiary alicyclic amines) is 2. The largest absolute Gasteiger partial charge is 0.383 e. The van der Waals surface area contributed by atoms with Gasteiger partial charge in [0, 0.05) is 33.7 Å². The van der Waals surface area contributed by atoms with E-state index < -0.39 is 0 Å². The molecule has 2 aliphatic heterocycles. The Morgan fingerprint density at radius 2 is 2.21 bits per heavy atom. The maximum atomic E-state index is 12.3. The molecule has 0 aromatic carbocycles. The average molecular weight is 270 g/mol. The molecule has 2 aliphatic rings. The van der Waals surface area contributed by atoms with Gasteiger partial charge in [-0.15, -0.1) is 0 Å². The lowest BCUT2D eigenvalue weighted by Crippen LogP contribution is -2.44. The van der Waals surface area contributed by atoms with Crippen molar-refractivity contribution in [3.63, 3.8) is 0 Å². The van der Waals surface area contributed by atoms with Crippen molar-refractivity contribution < 1.29 is 19.1 Å². The molecule has 2 rings (SSSR count). The predicted molar refractivity (Wildman–Crippen MR) is 68.6 cm³/mol. The average Bonchev–Trinajstić information content (AvgIpc) is 2.97. The van der Waals surface area contributed by atoms with Crippen molar-refractivity contribution in [1.29, 1.82) is 0 Å². The molecule has 0 bridgehead atoms. The Morgan fingerprint density at radius 3 is 2.79 bits per heavy atom. The van der Waals surface area contributed by atoms with Crippen LogP contribution < -0.4 is 0 Å². The third kappa shape index (κ3) is 3.25. The Balaban J connectivity index is 1.94. The maximum Gasteiger partial charge on any atom is 0.242 e. The summed E-state index contributed by atoms with van der Waals surface area (Å²) in [6.45, 7) is 1.99. The van der Waals surface area contributed by atoms with Gasteiger partial charge in [-0.3, -0.25) is 9.59 Å². The van der Waals surface area contributed by atoms with E-state index in [0.29, 0.717) is 26.1 Å². The van der Waals surface area contributed by atoms with Gasteiger partial charge >= 0.3 is 0 Å². The van der Waals surface area contributed by atoms with Crippen LogP contribution >= 0.6 is 0 Å². The maximum absolute atomic E-state index is 12.3. The van der Waals surface area contributed by atoms with Gasteiger partial charge < -0.3 is 19.3 Å². The van der Waals surface area contributed by atoms with Crippen LogP contribution in [-0.2, 0) is 19.1 Å². The summed E-state index contributed by atoms with van der Waals surface area (Å²) in [7, 11) is 3.29. The van der Waals surface area contributed by atoms with Gasteiger partial charge in [0.25, 0.3) is 0 Å². The fourth-order valence-corrected chi connectivity index (χ4v) is 2.83. The fraction of sp³-hybridized carbons (Fsp3) is 0.846. The van der Waals surface area contributed by atoms with Crippen molar-refractivity contribution in [2.75, 3.05) is 40.5 Å². The lowest BCUT2D eigenvalue weighted by Gasteiger charge is -2.26. The van der Waals surface area contributed by atoms with Crippen LogP contribution in [0.4, 0.5) is 0 Å². The molecule has 2 amide bonds. The molecule has 108 valence electrons. The zero-order valence-corrected chi connectivity index (χ0v) is 11.6. The summed E-state index contributed by atoms with van der Waals surface area (Å²) < 4.78 is 10.5. The van der Waals surface area contributed by atoms with E-state index in [1.54, 1.807) is 24.0 Å². The summed E-state index contributed by atoms with van der Waals surface area (Å²) in [6, 6.07) is 0.0557. The Labute approximate surface area is 113 Å². The summed E-state index contributed by atoms with van der Waals surface area (Å²) in [6.07, 6.45) is 2.28. The molecule has 19 heavy (non-hydrogen) atoms. The first-order valence-electron chi connectivity index (χ1n) is 6.74. The molecule has 2 fully saturated rings. The first kappa shape index (κ1) is 14.3. The molecular formula is C13H22N2O4. The topological polar surface area (TPSA) is 59.1 Å². The highest BCUT2D eigenvalue weighted by Gasteiger charge is 2.36. The molecule has 2 saturated heterocycles. The van der Waals surface area contributed by atoms with Crippen molar-refractivity contribution in [2.45, 2.75) is 31.4 Å². The standard InChI is InChI=1S/C13H22N2O4/c1-18-9-10-6-11(19-2)7-15(10)13(17)8-14-5-3-4-12(14)16/h10-11H,3-9H2,1-2H3/t10-,11-/m0/s1. The molecule has 0 saturated carbocycles. The van der Waals surface area contributed by atoms with E-state index in [0.717, 1.165) is 12.8 Å². The molecule has 2 heterocycles. The molecule has 6 nitrogen and oxygen atoms in total. The lowest BCUT2D eigenvalue weighted by atomic mass is 10.2. The van der Waals surface area contributed by atoms with Gasteiger partial charge in [-0.25, -0.2) is 0 Å². The normalized spacial score (nSPS) is 27.4. The van der Waals surface area contributed by atoms with Crippen molar-refractivity contribution in [2.24, 2.45) is 0 Å². The molecular weight excluding hydrogens is 248 g/mol. The van der Waals surface area contributed by atoms with Crippen molar-refractivity contribution in [1.82, 2.24) is 9.80 Å². The number of amides is 2. The number of ether oxygens (including phenoxy) is 2. The van der Waals surface area contributed by atoms with Gasteiger partial charge in [0.2, 0.25) is 11.8 Å². The van der Waals surface area contributed by atoms with Gasteiger partial charge in [0.1, 0.15) is 0 Å². The lowest BCUT2D eigenvalue weighted by molar-refractivity contribution is -0.139. The van der Waals surface area contributed by atoms with Crippen LogP contribution in [0.1, 0.15) is 19.3 Å². The van der Waals surface area contributed by atoms with E-state index in [4.69, 9.17) is 9.47 Å².